The van der Waals surface area contributed by atoms with E-state index < -0.39 is 0 Å². The predicted molar refractivity (Wildman–Crippen MR) is 186 cm³/mol. The van der Waals surface area contributed by atoms with Crippen molar-refractivity contribution >= 4 is 17.1 Å². The molecule has 6 aromatic rings. The summed E-state index contributed by atoms with van der Waals surface area (Å²) in [5, 5.41) is 0. The molecule has 1 heteroatoms. The molecule has 0 amide bonds. The lowest BCUT2D eigenvalue weighted by Gasteiger charge is -2.30. The van der Waals surface area contributed by atoms with Crippen molar-refractivity contribution in [3.05, 3.63) is 161 Å². The van der Waals surface area contributed by atoms with Gasteiger partial charge in [0.1, 0.15) is 0 Å². The zero-order chi connectivity index (χ0) is 30.2. The third kappa shape index (κ3) is 3.85. The van der Waals surface area contributed by atoms with Gasteiger partial charge in [0.05, 0.1) is 0 Å². The van der Waals surface area contributed by atoms with Crippen LogP contribution in [0.5, 0.6) is 0 Å². The molecule has 0 radical (unpaired) electrons. The quantitative estimate of drug-likeness (QED) is 0.205. The van der Waals surface area contributed by atoms with Crippen LogP contribution in [0.25, 0.3) is 33.4 Å². The number of hydrogen-bond acceptors (Lipinski definition) is 1. The number of anilines is 3. The molecule has 0 spiro atoms. The van der Waals surface area contributed by atoms with E-state index in [1.165, 1.54) is 78.3 Å². The summed E-state index contributed by atoms with van der Waals surface area (Å²) < 4.78 is 0. The van der Waals surface area contributed by atoms with Gasteiger partial charge in [0.2, 0.25) is 0 Å². The number of aryl methyl sites for hydroxylation is 1. The maximum atomic E-state index is 2.47. The summed E-state index contributed by atoms with van der Waals surface area (Å²) in [6.45, 7) is 11.7. The Hall–Kier alpha value is -4.88. The maximum absolute atomic E-state index is 2.47. The summed E-state index contributed by atoms with van der Waals surface area (Å²) in [5.41, 5.74) is 18.1. The summed E-state index contributed by atoms with van der Waals surface area (Å²) in [5.74, 6) is 0. The van der Waals surface area contributed by atoms with Crippen LogP contribution in [0.15, 0.2) is 133 Å². The molecule has 0 fully saturated rings. The van der Waals surface area contributed by atoms with E-state index in [0.717, 1.165) is 0 Å². The third-order valence-electron chi connectivity index (χ3n) is 10.2. The average Bonchev–Trinajstić information content (AvgIpc) is 3.42. The van der Waals surface area contributed by atoms with E-state index in [1.54, 1.807) is 0 Å². The zero-order valence-corrected chi connectivity index (χ0v) is 26.1. The Kier molecular flexibility index (Phi) is 5.81. The molecule has 0 aliphatic heterocycles. The van der Waals surface area contributed by atoms with Crippen LogP contribution in [-0.2, 0) is 10.8 Å². The van der Waals surface area contributed by atoms with E-state index in [-0.39, 0.29) is 10.8 Å². The van der Waals surface area contributed by atoms with Gasteiger partial charge in [0.25, 0.3) is 0 Å². The topological polar surface area (TPSA) is 3.24 Å². The van der Waals surface area contributed by atoms with E-state index in [0.29, 0.717) is 0 Å². The Morgan fingerprint density at radius 1 is 0.409 bits per heavy atom. The molecule has 0 atom stereocenters. The van der Waals surface area contributed by atoms with Crippen molar-refractivity contribution in [1.29, 1.82) is 0 Å². The van der Waals surface area contributed by atoms with Crippen molar-refractivity contribution in [2.24, 2.45) is 0 Å². The van der Waals surface area contributed by atoms with Gasteiger partial charge in [0, 0.05) is 27.9 Å². The lowest BCUT2D eigenvalue weighted by atomic mass is 9.82. The molecule has 6 aromatic carbocycles. The van der Waals surface area contributed by atoms with E-state index in [4.69, 9.17) is 0 Å². The number of benzene rings is 6. The number of rotatable bonds is 4. The Bertz CT molecular complexity index is 2080. The summed E-state index contributed by atoms with van der Waals surface area (Å²) in [6, 6.07) is 49.6. The molecule has 0 saturated carbocycles. The Morgan fingerprint density at radius 3 is 1.66 bits per heavy atom. The first-order valence-electron chi connectivity index (χ1n) is 15.7. The van der Waals surface area contributed by atoms with Gasteiger partial charge in [-0.15, -0.1) is 0 Å². The third-order valence-corrected chi connectivity index (χ3v) is 10.2. The minimum atomic E-state index is -0.0687. The molecule has 0 aromatic heterocycles. The molecule has 214 valence electrons. The van der Waals surface area contributed by atoms with Crippen molar-refractivity contribution in [3.63, 3.8) is 0 Å². The molecular formula is C43H37N. The largest absolute Gasteiger partial charge is 0.310 e. The fourth-order valence-electron chi connectivity index (χ4n) is 7.82. The lowest BCUT2D eigenvalue weighted by molar-refractivity contribution is 0.660. The van der Waals surface area contributed by atoms with Crippen LogP contribution in [0.1, 0.15) is 55.5 Å². The van der Waals surface area contributed by atoms with Crippen molar-refractivity contribution in [2.45, 2.75) is 45.4 Å². The normalized spacial score (nSPS) is 14.8. The summed E-state index contributed by atoms with van der Waals surface area (Å²) in [7, 11) is 0. The van der Waals surface area contributed by atoms with Crippen LogP contribution in [-0.4, -0.2) is 0 Å². The van der Waals surface area contributed by atoms with Crippen LogP contribution < -0.4 is 4.90 Å². The van der Waals surface area contributed by atoms with E-state index in [1.807, 2.05) is 0 Å². The SMILES string of the molecule is Cc1cc(-c2ccccc2)ccc1N(c1ccc2c(c1)-c1ccccc1C2(C)C)c1ccc2c(c1)C(C)(C)c1ccccc1-2. The summed E-state index contributed by atoms with van der Waals surface area (Å²) >= 11 is 0. The van der Waals surface area contributed by atoms with Gasteiger partial charge >= 0.3 is 0 Å². The highest BCUT2D eigenvalue weighted by Crippen LogP contribution is 2.53. The van der Waals surface area contributed by atoms with Crippen molar-refractivity contribution in [2.75, 3.05) is 4.90 Å². The molecule has 0 saturated heterocycles. The Morgan fingerprint density at radius 2 is 0.955 bits per heavy atom. The molecular weight excluding hydrogens is 530 g/mol. The monoisotopic (exact) mass is 567 g/mol. The van der Waals surface area contributed by atoms with Crippen molar-refractivity contribution in [3.8, 4) is 33.4 Å². The maximum Gasteiger partial charge on any atom is 0.0491 e. The van der Waals surface area contributed by atoms with Crippen molar-refractivity contribution in [1.82, 2.24) is 0 Å². The molecule has 8 rings (SSSR count). The van der Waals surface area contributed by atoms with Gasteiger partial charge in [0.15, 0.2) is 0 Å². The molecule has 2 aliphatic carbocycles. The second-order valence-corrected chi connectivity index (χ2v) is 13.5. The van der Waals surface area contributed by atoms with E-state index >= 15 is 0 Å². The second-order valence-electron chi connectivity index (χ2n) is 13.5. The molecule has 44 heavy (non-hydrogen) atoms. The molecule has 0 N–H and O–H groups in total. The smallest absolute Gasteiger partial charge is 0.0491 e. The highest BCUT2D eigenvalue weighted by Gasteiger charge is 2.37. The van der Waals surface area contributed by atoms with Gasteiger partial charge < -0.3 is 4.90 Å². The van der Waals surface area contributed by atoms with Gasteiger partial charge in [-0.05, 0) is 105 Å². The molecule has 0 bridgehead atoms. The average molecular weight is 568 g/mol. The first kappa shape index (κ1) is 26.7. The van der Waals surface area contributed by atoms with Crippen LogP contribution >= 0.6 is 0 Å². The minimum absolute atomic E-state index is 0.0219. The Labute approximate surface area is 261 Å². The lowest BCUT2D eigenvalue weighted by Crippen LogP contribution is -2.17. The first-order valence-corrected chi connectivity index (χ1v) is 15.7. The number of hydrogen-bond donors (Lipinski definition) is 0. The van der Waals surface area contributed by atoms with Crippen LogP contribution in [0, 0.1) is 6.92 Å². The van der Waals surface area contributed by atoms with Gasteiger partial charge in [-0.2, -0.15) is 0 Å². The highest BCUT2D eigenvalue weighted by molar-refractivity contribution is 5.89. The predicted octanol–water partition coefficient (Wildman–Crippen LogP) is 11.7. The molecule has 0 heterocycles. The second kappa shape index (κ2) is 9.56. The van der Waals surface area contributed by atoms with E-state index in [9.17, 15) is 0 Å². The zero-order valence-electron chi connectivity index (χ0n) is 26.1. The minimum Gasteiger partial charge on any atom is -0.310 e. The summed E-state index contributed by atoms with van der Waals surface area (Å²) in [4.78, 5) is 2.47. The highest BCUT2D eigenvalue weighted by atomic mass is 15.1. The first-order chi connectivity index (χ1) is 21.2. The molecule has 0 unspecified atom stereocenters. The Balaban J connectivity index is 1.33. The van der Waals surface area contributed by atoms with Crippen LogP contribution in [0.4, 0.5) is 17.1 Å². The van der Waals surface area contributed by atoms with Crippen molar-refractivity contribution < 1.29 is 0 Å². The number of nitrogens with zero attached hydrogens (tertiary/aromatic N) is 1. The number of fused-ring (bicyclic) bond motifs is 6. The molecule has 2 aliphatic rings. The van der Waals surface area contributed by atoms with Crippen LogP contribution in [0.2, 0.25) is 0 Å². The van der Waals surface area contributed by atoms with E-state index in [2.05, 4.69) is 173 Å². The fraction of sp³-hybridized carbons (Fsp3) is 0.163. The van der Waals surface area contributed by atoms with Gasteiger partial charge in [-0.3, -0.25) is 0 Å². The van der Waals surface area contributed by atoms with Crippen LogP contribution in [0.3, 0.4) is 0 Å². The standard InChI is InChI=1S/C43H37N/c1-28-25-30(29-13-7-6-8-14-29)19-24-41(28)44(31-21-23-39-36(26-31)34-16-10-12-18-38(34)42(39,2)3)32-20-22-35-33-15-9-11-17-37(33)43(4,5)40(35)27-32/h6-27H,1-5H3. The van der Waals surface area contributed by atoms with Gasteiger partial charge in [-0.1, -0.05) is 125 Å². The summed E-state index contributed by atoms with van der Waals surface area (Å²) in [6.07, 6.45) is 0. The van der Waals surface area contributed by atoms with Gasteiger partial charge in [-0.25, -0.2) is 0 Å². The molecule has 1 nitrogen and oxygen atoms in total. The fourth-order valence-corrected chi connectivity index (χ4v) is 7.82.